The second-order valence-corrected chi connectivity index (χ2v) is 3.78. The summed E-state index contributed by atoms with van der Waals surface area (Å²) in [6.45, 7) is 0. The van der Waals surface area contributed by atoms with Crippen molar-refractivity contribution in [3.63, 3.8) is 0 Å². The van der Waals surface area contributed by atoms with E-state index in [9.17, 15) is 14.4 Å². The standard InChI is InChI=1S/C11H13N3O5/c15-9(16)3-1-2-8(11(18)19)14-10(17)7-4-12-6-13-5-7/h4-6,8H,1-3H2,(H,14,17)(H,15,16)(H,18,19)/t8-/m1/s1. The Morgan fingerprint density at radius 3 is 2.37 bits per heavy atom. The van der Waals surface area contributed by atoms with Gasteiger partial charge in [-0.2, -0.15) is 0 Å². The molecule has 0 aliphatic carbocycles. The second-order valence-electron chi connectivity index (χ2n) is 3.78. The molecule has 3 N–H and O–H groups in total. The van der Waals surface area contributed by atoms with Crippen LogP contribution in [-0.4, -0.2) is 44.1 Å². The quantitative estimate of drug-likeness (QED) is 0.629. The molecule has 0 aliphatic rings. The average molecular weight is 267 g/mol. The zero-order valence-corrected chi connectivity index (χ0v) is 9.94. The summed E-state index contributed by atoms with van der Waals surface area (Å²) in [7, 11) is 0. The number of nitrogens with one attached hydrogen (secondary N) is 1. The van der Waals surface area contributed by atoms with Crippen LogP contribution >= 0.6 is 0 Å². The van der Waals surface area contributed by atoms with Gasteiger partial charge in [0.15, 0.2) is 0 Å². The van der Waals surface area contributed by atoms with Gasteiger partial charge in [-0.3, -0.25) is 9.59 Å². The number of nitrogens with zero attached hydrogens (tertiary/aromatic N) is 2. The zero-order valence-electron chi connectivity index (χ0n) is 9.94. The van der Waals surface area contributed by atoms with E-state index in [-0.39, 0.29) is 24.8 Å². The molecule has 0 radical (unpaired) electrons. The topological polar surface area (TPSA) is 129 Å². The lowest BCUT2D eigenvalue weighted by molar-refractivity contribution is -0.140. The first-order chi connectivity index (χ1) is 9.00. The first-order valence-electron chi connectivity index (χ1n) is 5.51. The predicted octanol–water partition coefficient (Wildman–Crippen LogP) is -0.0855. The highest BCUT2D eigenvalue weighted by molar-refractivity contribution is 5.96. The molecule has 0 fully saturated rings. The Balaban J connectivity index is 2.56. The van der Waals surface area contributed by atoms with Crippen LogP contribution in [0.3, 0.4) is 0 Å². The third kappa shape index (κ3) is 5.11. The Morgan fingerprint density at radius 1 is 1.21 bits per heavy atom. The summed E-state index contributed by atoms with van der Waals surface area (Å²) in [5, 5.41) is 19.7. The SMILES string of the molecule is O=C(O)CCC[C@@H](NC(=O)c1cncnc1)C(=O)O. The highest BCUT2D eigenvalue weighted by atomic mass is 16.4. The monoisotopic (exact) mass is 267 g/mol. The summed E-state index contributed by atoms with van der Waals surface area (Å²) in [5.41, 5.74) is 0.145. The highest BCUT2D eigenvalue weighted by Gasteiger charge is 2.20. The smallest absolute Gasteiger partial charge is 0.326 e. The Kier molecular flexibility index (Phi) is 5.39. The van der Waals surface area contributed by atoms with E-state index in [2.05, 4.69) is 15.3 Å². The summed E-state index contributed by atoms with van der Waals surface area (Å²) in [6.07, 6.45) is 3.84. The molecular formula is C11H13N3O5. The van der Waals surface area contributed by atoms with E-state index in [0.29, 0.717) is 0 Å². The lowest BCUT2D eigenvalue weighted by atomic mass is 10.1. The van der Waals surface area contributed by atoms with Crippen LogP contribution in [0.2, 0.25) is 0 Å². The van der Waals surface area contributed by atoms with Crippen molar-refractivity contribution in [2.75, 3.05) is 0 Å². The van der Waals surface area contributed by atoms with Crippen LogP contribution < -0.4 is 5.32 Å². The van der Waals surface area contributed by atoms with Gasteiger partial charge >= 0.3 is 11.9 Å². The molecule has 1 rings (SSSR count). The lowest BCUT2D eigenvalue weighted by Gasteiger charge is -2.13. The molecule has 19 heavy (non-hydrogen) atoms. The second kappa shape index (κ2) is 7.04. The van der Waals surface area contributed by atoms with E-state index in [1.54, 1.807) is 0 Å². The molecule has 1 aromatic heterocycles. The molecule has 0 saturated carbocycles. The van der Waals surface area contributed by atoms with E-state index < -0.39 is 23.9 Å². The Bertz CT molecular complexity index is 463. The number of hydrogen-bond donors (Lipinski definition) is 3. The summed E-state index contributed by atoms with van der Waals surface area (Å²) in [5.74, 6) is -2.83. The predicted molar refractivity (Wildman–Crippen MR) is 62.4 cm³/mol. The van der Waals surface area contributed by atoms with Crippen molar-refractivity contribution in [3.05, 3.63) is 24.3 Å². The van der Waals surface area contributed by atoms with E-state index in [1.165, 1.54) is 18.7 Å². The molecule has 1 heterocycles. The van der Waals surface area contributed by atoms with E-state index in [1.807, 2.05) is 0 Å². The van der Waals surface area contributed by atoms with Crippen LogP contribution in [0.25, 0.3) is 0 Å². The number of aromatic nitrogens is 2. The third-order valence-corrected chi connectivity index (χ3v) is 2.31. The van der Waals surface area contributed by atoms with Crippen molar-refractivity contribution >= 4 is 17.8 Å². The maximum Gasteiger partial charge on any atom is 0.326 e. The molecule has 102 valence electrons. The number of hydrogen-bond acceptors (Lipinski definition) is 5. The fraction of sp³-hybridized carbons (Fsp3) is 0.364. The molecule has 1 aromatic rings. The number of carbonyl (C=O) groups excluding carboxylic acids is 1. The normalized spacial score (nSPS) is 11.6. The Morgan fingerprint density at radius 2 is 1.84 bits per heavy atom. The van der Waals surface area contributed by atoms with Gasteiger partial charge < -0.3 is 15.5 Å². The number of carbonyl (C=O) groups is 3. The maximum atomic E-state index is 11.7. The minimum absolute atomic E-state index is 0.0427. The minimum atomic E-state index is -1.21. The van der Waals surface area contributed by atoms with Gasteiger partial charge in [0, 0.05) is 18.8 Å². The van der Waals surface area contributed by atoms with Crippen molar-refractivity contribution in [1.82, 2.24) is 15.3 Å². The van der Waals surface area contributed by atoms with Crippen LogP contribution in [-0.2, 0) is 9.59 Å². The van der Waals surface area contributed by atoms with Crippen LogP contribution in [0, 0.1) is 0 Å². The number of amides is 1. The van der Waals surface area contributed by atoms with Gasteiger partial charge in [-0.15, -0.1) is 0 Å². The van der Waals surface area contributed by atoms with Gasteiger partial charge in [-0.25, -0.2) is 14.8 Å². The molecule has 1 atom stereocenters. The highest BCUT2D eigenvalue weighted by Crippen LogP contribution is 2.03. The Labute approximate surface area is 108 Å². The van der Waals surface area contributed by atoms with E-state index in [4.69, 9.17) is 10.2 Å². The van der Waals surface area contributed by atoms with Gasteiger partial charge in [0.1, 0.15) is 12.4 Å². The molecule has 1 amide bonds. The van der Waals surface area contributed by atoms with Crippen molar-refractivity contribution in [2.45, 2.75) is 25.3 Å². The van der Waals surface area contributed by atoms with Gasteiger partial charge in [-0.1, -0.05) is 0 Å². The van der Waals surface area contributed by atoms with Crippen LogP contribution in [0.1, 0.15) is 29.6 Å². The number of carboxylic acid groups (broad SMARTS) is 2. The molecule has 0 bridgehead atoms. The number of rotatable bonds is 7. The average Bonchev–Trinajstić information content (AvgIpc) is 2.37. The van der Waals surface area contributed by atoms with Gasteiger partial charge in [0.05, 0.1) is 5.56 Å². The minimum Gasteiger partial charge on any atom is -0.481 e. The molecule has 0 saturated heterocycles. The van der Waals surface area contributed by atoms with Gasteiger partial charge in [-0.05, 0) is 12.8 Å². The Hall–Kier alpha value is -2.51. The van der Waals surface area contributed by atoms with Gasteiger partial charge in [0.2, 0.25) is 0 Å². The molecule has 0 aromatic carbocycles. The van der Waals surface area contributed by atoms with Crippen LogP contribution in [0.15, 0.2) is 18.7 Å². The van der Waals surface area contributed by atoms with Crippen LogP contribution in [0.4, 0.5) is 0 Å². The third-order valence-electron chi connectivity index (χ3n) is 2.31. The molecule has 0 spiro atoms. The molecular weight excluding hydrogens is 254 g/mol. The molecule has 8 heteroatoms. The maximum absolute atomic E-state index is 11.7. The summed E-state index contributed by atoms with van der Waals surface area (Å²) < 4.78 is 0. The molecule has 8 nitrogen and oxygen atoms in total. The van der Waals surface area contributed by atoms with Crippen molar-refractivity contribution in [2.24, 2.45) is 0 Å². The number of aliphatic carboxylic acids is 2. The lowest BCUT2D eigenvalue weighted by Crippen LogP contribution is -2.40. The first-order valence-corrected chi connectivity index (χ1v) is 5.51. The number of carboxylic acids is 2. The van der Waals surface area contributed by atoms with Crippen molar-refractivity contribution < 1.29 is 24.6 Å². The molecule has 0 aliphatic heterocycles. The van der Waals surface area contributed by atoms with E-state index >= 15 is 0 Å². The van der Waals surface area contributed by atoms with Crippen molar-refractivity contribution in [1.29, 1.82) is 0 Å². The molecule has 0 unspecified atom stereocenters. The fourth-order valence-electron chi connectivity index (χ4n) is 1.37. The van der Waals surface area contributed by atoms with E-state index in [0.717, 1.165) is 0 Å². The van der Waals surface area contributed by atoms with Gasteiger partial charge in [0.25, 0.3) is 5.91 Å². The summed E-state index contributed by atoms with van der Waals surface area (Å²) >= 11 is 0. The zero-order chi connectivity index (χ0) is 14.3. The van der Waals surface area contributed by atoms with Crippen molar-refractivity contribution in [3.8, 4) is 0 Å². The largest absolute Gasteiger partial charge is 0.481 e. The fourth-order valence-corrected chi connectivity index (χ4v) is 1.37. The first kappa shape index (κ1) is 14.6. The van der Waals surface area contributed by atoms with Crippen LogP contribution in [0.5, 0.6) is 0 Å². The summed E-state index contributed by atoms with van der Waals surface area (Å²) in [4.78, 5) is 40.3. The summed E-state index contributed by atoms with van der Waals surface area (Å²) in [6, 6.07) is -1.13.